The molecule has 4 nitrogen and oxygen atoms in total. The number of alkyl halides is 1. The first-order chi connectivity index (χ1) is 22.4. The van der Waals surface area contributed by atoms with Gasteiger partial charge in [0.2, 0.25) is 0 Å². The molecule has 0 aliphatic carbocycles. The highest BCUT2D eigenvalue weighted by atomic mass is 35.5. The topological polar surface area (TPSA) is 52.6 Å². The van der Waals surface area contributed by atoms with Crippen LogP contribution in [0.25, 0.3) is 0 Å². The number of allylic oxidation sites excluding steroid dienone is 6. The highest BCUT2D eigenvalue weighted by Gasteiger charge is 2.16. The zero-order valence-corrected chi connectivity index (χ0v) is 27.7. The van der Waals surface area contributed by atoms with Crippen LogP contribution in [0, 0.1) is 0 Å². The van der Waals surface area contributed by atoms with E-state index >= 15 is 0 Å². The number of ether oxygens (including phenoxy) is 2. The molecule has 0 saturated heterocycles. The van der Waals surface area contributed by atoms with Gasteiger partial charge in [-0.05, 0) is 44.9 Å². The Morgan fingerprint density at radius 2 is 1.10 bits per heavy atom. The van der Waals surface area contributed by atoms with Gasteiger partial charge in [-0.1, -0.05) is 147 Å². The molecule has 0 aliphatic rings. The number of carbonyl (C=O) groups excluding carboxylic acids is 2. The maximum atomic E-state index is 12.5. The summed E-state index contributed by atoms with van der Waals surface area (Å²) in [5.74, 6) is -5.02. The van der Waals surface area contributed by atoms with Gasteiger partial charge in [0.25, 0.3) is 0 Å². The van der Waals surface area contributed by atoms with Gasteiger partial charge >= 0.3 is 11.9 Å². The fourth-order valence-electron chi connectivity index (χ4n) is 4.55. The van der Waals surface area contributed by atoms with Crippen LogP contribution >= 0.6 is 11.6 Å². The molecule has 0 heterocycles. The molecule has 1 unspecified atom stereocenters. The minimum Gasteiger partial charge on any atom is -0.462 e. The van der Waals surface area contributed by atoms with Crippen LogP contribution in [0.2, 0.25) is 0 Å². The van der Waals surface area contributed by atoms with Gasteiger partial charge in [0.15, 0.2) is 0 Å². The lowest BCUT2D eigenvalue weighted by atomic mass is 10.0. The summed E-state index contributed by atoms with van der Waals surface area (Å²) < 4.78 is 50.1. The van der Waals surface area contributed by atoms with E-state index < -0.39 is 30.4 Å². The number of hydrogen-bond acceptors (Lipinski definition) is 4. The maximum absolute atomic E-state index is 12.5. The average molecular weight is 614 g/mol. The summed E-state index contributed by atoms with van der Waals surface area (Å²) in [5, 5.41) is 0. The smallest absolute Gasteiger partial charge is 0.306 e. The second kappa shape index (κ2) is 33.9. The van der Waals surface area contributed by atoms with E-state index in [-0.39, 0.29) is 12.8 Å². The van der Waals surface area contributed by atoms with E-state index in [9.17, 15) is 9.59 Å². The Bertz CT molecular complexity index is 888. The van der Waals surface area contributed by atoms with E-state index in [4.69, 9.17) is 27.9 Å². The summed E-state index contributed by atoms with van der Waals surface area (Å²) >= 11 is 5.71. The van der Waals surface area contributed by atoms with E-state index in [1.807, 2.05) is 0 Å². The maximum Gasteiger partial charge on any atom is 0.306 e. The zero-order chi connectivity index (χ0) is 35.3. The highest BCUT2D eigenvalue weighted by molar-refractivity contribution is 6.18. The molecule has 0 bridgehead atoms. The number of halogens is 1. The molecule has 1 atom stereocenters. The normalized spacial score (nSPS) is 15.7. The summed E-state index contributed by atoms with van der Waals surface area (Å²) in [6, 6.07) is 0. The van der Waals surface area contributed by atoms with E-state index in [0.717, 1.165) is 77.0 Å². The Kier molecular flexibility index (Phi) is 25.8. The third-order valence-electron chi connectivity index (χ3n) is 7.08. The minimum atomic E-state index is -3.28. The van der Waals surface area contributed by atoms with Crippen LogP contribution in [0.4, 0.5) is 0 Å². The largest absolute Gasteiger partial charge is 0.462 e. The SMILES string of the molecule is [2H]C([2H])(Cl)C([2H])(OC(=O)CCCCCCC/C=C\C/C=C\C/C=C/CC)C([2H])([2H])OC(=O)CCCCCCCCCCCCCCC. The lowest BCUT2D eigenvalue weighted by molar-refractivity contribution is -0.157. The minimum absolute atomic E-state index is 0.0731. The number of unbranched alkanes of at least 4 members (excludes halogenated alkanes) is 17. The second-order valence-corrected chi connectivity index (χ2v) is 11.3. The van der Waals surface area contributed by atoms with Crippen LogP contribution in [0.3, 0.4) is 0 Å². The third-order valence-corrected chi connectivity index (χ3v) is 7.25. The Balaban J connectivity index is 4.29. The van der Waals surface area contributed by atoms with Crippen molar-refractivity contribution < 1.29 is 25.9 Å². The number of rotatable bonds is 31. The van der Waals surface area contributed by atoms with Crippen LogP contribution in [0.1, 0.15) is 175 Å². The predicted octanol–water partition coefficient (Wildman–Crippen LogP) is 11.8. The lowest BCUT2D eigenvalue weighted by Crippen LogP contribution is -2.26. The molecule has 5 heteroatoms. The van der Waals surface area contributed by atoms with Crippen molar-refractivity contribution in [1.29, 1.82) is 0 Å². The molecule has 0 radical (unpaired) electrons. The molecular formula is C37H65ClO4. The van der Waals surface area contributed by atoms with Crippen molar-refractivity contribution >= 4 is 23.5 Å². The summed E-state index contributed by atoms with van der Waals surface area (Å²) in [5.41, 5.74) is 0. The van der Waals surface area contributed by atoms with E-state index in [1.54, 1.807) is 0 Å². The van der Waals surface area contributed by atoms with Gasteiger partial charge in [-0.15, -0.1) is 11.6 Å². The van der Waals surface area contributed by atoms with Crippen molar-refractivity contribution in [2.24, 2.45) is 0 Å². The van der Waals surface area contributed by atoms with Crippen molar-refractivity contribution in [3.05, 3.63) is 36.5 Å². The van der Waals surface area contributed by atoms with Crippen LogP contribution in [-0.4, -0.2) is 30.4 Å². The molecule has 0 saturated carbocycles. The van der Waals surface area contributed by atoms with Gasteiger partial charge in [-0.2, -0.15) is 0 Å². The average Bonchev–Trinajstić information content (AvgIpc) is 3.00. The lowest BCUT2D eigenvalue weighted by Gasteiger charge is -2.15. The van der Waals surface area contributed by atoms with Gasteiger partial charge in [0, 0.05) is 15.6 Å². The van der Waals surface area contributed by atoms with Crippen LogP contribution < -0.4 is 0 Å². The fourth-order valence-corrected chi connectivity index (χ4v) is 4.63. The first-order valence-electron chi connectivity index (χ1n) is 19.5. The van der Waals surface area contributed by atoms with Gasteiger partial charge in [-0.3, -0.25) is 9.59 Å². The molecule has 0 spiro atoms. The van der Waals surface area contributed by atoms with Crippen molar-refractivity contribution in [1.82, 2.24) is 0 Å². The van der Waals surface area contributed by atoms with Crippen molar-refractivity contribution in [3.63, 3.8) is 0 Å². The molecule has 0 aromatic heterocycles. The monoisotopic (exact) mass is 613 g/mol. The number of carbonyl (C=O) groups is 2. The Labute approximate surface area is 272 Å². The summed E-state index contributed by atoms with van der Waals surface area (Å²) in [6.45, 7) is 1.07. The third kappa shape index (κ3) is 31.4. The van der Waals surface area contributed by atoms with Crippen molar-refractivity contribution in [3.8, 4) is 0 Å². The molecule has 244 valence electrons. The fraction of sp³-hybridized carbons (Fsp3) is 0.784. The number of esters is 2. The highest BCUT2D eigenvalue weighted by Crippen LogP contribution is 2.14. The molecule has 0 rings (SSSR count). The van der Waals surface area contributed by atoms with Crippen LogP contribution in [-0.2, 0) is 19.1 Å². The molecule has 0 aromatic carbocycles. The molecule has 0 N–H and O–H groups in total. The Morgan fingerprint density at radius 3 is 1.62 bits per heavy atom. The Hall–Kier alpha value is -1.55. The standard InChI is InChI=1S/C37H65ClO4/c1-3-5-7-9-11-13-15-17-18-20-22-24-26-28-30-32-37(40)42-35(33-38)34-41-36(39)31-29-27-25-23-21-19-16-14-12-10-8-6-4-2/h5,7,11,13,17-18,35H,3-4,6,8-10,12,14-16,19-34H2,1-2H3/b7-5+,13-11-,18-17-/i33D2,34D2,35D. The van der Waals surface area contributed by atoms with Gasteiger partial charge in [0.05, 0.1) is 9.94 Å². The summed E-state index contributed by atoms with van der Waals surface area (Å²) in [4.78, 5) is 24.9. The molecule has 42 heavy (non-hydrogen) atoms. The Morgan fingerprint density at radius 1 is 0.643 bits per heavy atom. The van der Waals surface area contributed by atoms with Gasteiger partial charge < -0.3 is 9.47 Å². The van der Waals surface area contributed by atoms with Gasteiger partial charge in [0.1, 0.15) is 12.6 Å². The van der Waals surface area contributed by atoms with E-state index in [0.29, 0.717) is 12.8 Å². The van der Waals surface area contributed by atoms with E-state index in [1.165, 1.54) is 51.4 Å². The van der Waals surface area contributed by atoms with E-state index in [2.05, 4.69) is 50.3 Å². The summed E-state index contributed by atoms with van der Waals surface area (Å²) in [7, 11) is 0. The first kappa shape index (κ1) is 31.9. The van der Waals surface area contributed by atoms with Crippen LogP contribution in [0.5, 0.6) is 0 Å². The molecular weight excluding hydrogens is 544 g/mol. The van der Waals surface area contributed by atoms with Gasteiger partial charge in [-0.25, -0.2) is 0 Å². The molecule has 0 amide bonds. The molecule has 0 aliphatic heterocycles. The molecule has 0 aromatic rings. The second-order valence-electron chi connectivity index (χ2n) is 11.1. The zero-order valence-electron chi connectivity index (χ0n) is 31.9. The summed E-state index contributed by atoms with van der Waals surface area (Å²) in [6.07, 6.45) is 32.5. The molecule has 0 fully saturated rings. The van der Waals surface area contributed by atoms with Crippen LogP contribution in [0.15, 0.2) is 36.5 Å². The number of hydrogen-bond donors (Lipinski definition) is 0. The van der Waals surface area contributed by atoms with Crippen molar-refractivity contribution in [2.75, 3.05) is 12.4 Å². The first-order valence-corrected chi connectivity index (χ1v) is 17.4. The van der Waals surface area contributed by atoms with Crippen molar-refractivity contribution in [2.45, 2.75) is 174 Å². The quantitative estimate of drug-likeness (QED) is 0.0337. The predicted molar refractivity (Wildman–Crippen MR) is 181 cm³/mol.